The third-order valence-corrected chi connectivity index (χ3v) is 7.38. The number of methoxy groups -OCH3 is 1. The number of hydrogen-bond donors (Lipinski definition) is 1. The average molecular weight is 362 g/mol. The molecule has 3 rings (SSSR count). The molecule has 0 aromatic rings. The van der Waals surface area contributed by atoms with Crippen molar-refractivity contribution in [3.05, 3.63) is 23.3 Å². The van der Waals surface area contributed by atoms with E-state index in [9.17, 15) is 14.7 Å². The first-order chi connectivity index (χ1) is 12.2. The summed E-state index contributed by atoms with van der Waals surface area (Å²) in [6.45, 7) is 6.79. The molecule has 1 saturated carbocycles. The van der Waals surface area contributed by atoms with Gasteiger partial charge in [-0.1, -0.05) is 26.8 Å². The van der Waals surface area contributed by atoms with Crippen molar-refractivity contribution in [2.75, 3.05) is 7.11 Å². The van der Waals surface area contributed by atoms with Crippen LogP contribution in [0.2, 0.25) is 0 Å². The zero-order valence-electron chi connectivity index (χ0n) is 16.2. The standard InChI is InChI=1S/C21H30O5/c1-13-8-10-21(3)15(19(24)25-4)6-5-7-16(21)20(13,2)11-9-14-12-17(22)26-18(14)23/h6,12-13,16-17,22H,5,7-11H2,1-4H3/t13-,16-,17+,20+,21+/m1/s1. The number of rotatable bonds is 4. The van der Waals surface area contributed by atoms with E-state index in [0.29, 0.717) is 23.8 Å². The van der Waals surface area contributed by atoms with Gasteiger partial charge in [-0.25, -0.2) is 9.59 Å². The minimum atomic E-state index is -1.11. The molecule has 0 unspecified atom stereocenters. The Bertz CT molecular complexity index is 663. The van der Waals surface area contributed by atoms with Crippen LogP contribution in [0.4, 0.5) is 0 Å². The van der Waals surface area contributed by atoms with Gasteiger partial charge >= 0.3 is 11.9 Å². The zero-order chi connectivity index (χ0) is 19.1. The number of aliphatic hydroxyl groups excluding tert-OH is 1. The summed E-state index contributed by atoms with van der Waals surface area (Å²) in [5, 5.41) is 9.50. The summed E-state index contributed by atoms with van der Waals surface area (Å²) >= 11 is 0. The molecule has 1 fully saturated rings. The summed E-state index contributed by atoms with van der Waals surface area (Å²) in [5.74, 6) is 0.242. The summed E-state index contributed by atoms with van der Waals surface area (Å²) < 4.78 is 9.88. The van der Waals surface area contributed by atoms with Crippen LogP contribution >= 0.6 is 0 Å². The van der Waals surface area contributed by atoms with Crippen molar-refractivity contribution < 1.29 is 24.2 Å². The summed E-state index contributed by atoms with van der Waals surface area (Å²) in [6, 6.07) is 0. The third kappa shape index (κ3) is 3.00. The van der Waals surface area contributed by atoms with Gasteiger partial charge in [-0.3, -0.25) is 0 Å². The van der Waals surface area contributed by atoms with Crippen LogP contribution in [0.3, 0.4) is 0 Å². The van der Waals surface area contributed by atoms with Crippen LogP contribution in [-0.2, 0) is 19.1 Å². The summed E-state index contributed by atoms with van der Waals surface area (Å²) in [6.07, 6.45) is 7.87. The molecular weight excluding hydrogens is 332 g/mol. The molecule has 0 aromatic carbocycles. The molecule has 0 radical (unpaired) electrons. The van der Waals surface area contributed by atoms with Crippen LogP contribution < -0.4 is 0 Å². The van der Waals surface area contributed by atoms with Crippen LogP contribution in [0.5, 0.6) is 0 Å². The maximum absolute atomic E-state index is 12.4. The maximum atomic E-state index is 12.4. The highest BCUT2D eigenvalue weighted by atomic mass is 16.6. The maximum Gasteiger partial charge on any atom is 0.336 e. The number of fused-ring (bicyclic) bond motifs is 1. The summed E-state index contributed by atoms with van der Waals surface area (Å²) in [7, 11) is 1.45. The summed E-state index contributed by atoms with van der Waals surface area (Å²) in [4.78, 5) is 24.2. The second-order valence-electron chi connectivity index (χ2n) is 8.59. The van der Waals surface area contributed by atoms with Gasteiger partial charge in [0.05, 0.1) is 7.11 Å². The Kier molecular flexibility index (Phi) is 5.04. The predicted molar refractivity (Wildman–Crippen MR) is 96.9 cm³/mol. The Labute approximate surface area is 155 Å². The first kappa shape index (κ1) is 19.2. The van der Waals surface area contributed by atoms with Crippen molar-refractivity contribution in [3.63, 3.8) is 0 Å². The normalized spacial score (nSPS) is 39.6. The largest absolute Gasteiger partial charge is 0.466 e. The molecule has 2 aliphatic carbocycles. The van der Waals surface area contributed by atoms with E-state index in [1.807, 2.05) is 0 Å². The molecule has 0 saturated heterocycles. The fourth-order valence-corrected chi connectivity index (χ4v) is 5.59. The Morgan fingerprint density at radius 2 is 2.12 bits per heavy atom. The topological polar surface area (TPSA) is 72.8 Å². The highest BCUT2D eigenvalue weighted by Gasteiger charge is 2.55. The van der Waals surface area contributed by atoms with E-state index in [0.717, 1.165) is 37.7 Å². The molecule has 5 heteroatoms. The van der Waals surface area contributed by atoms with Gasteiger partial charge in [-0.2, -0.15) is 0 Å². The monoisotopic (exact) mass is 362 g/mol. The second kappa shape index (κ2) is 6.84. The fourth-order valence-electron chi connectivity index (χ4n) is 5.59. The third-order valence-electron chi connectivity index (χ3n) is 7.38. The van der Waals surface area contributed by atoms with E-state index >= 15 is 0 Å². The van der Waals surface area contributed by atoms with E-state index < -0.39 is 12.3 Å². The van der Waals surface area contributed by atoms with Crippen molar-refractivity contribution in [1.29, 1.82) is 0 Å². The van der Waals surface area contributed by atoms with E-state index in [4.69, 9.17) is 9.47 Å². The van der Waals surface area contributed by atoms with Gasteiger partial charge in [0.15, 0.2) is 0 Å². The van der Waals surface area contributed by atoms with Crippen LogP contribution in [0.1, 0.15) is 59.3 Å². The van der Waals surface area contributed by atoms with E-state index in [2.05, 4.69) is 26.8 Å². The molecule has 26 heavy (non-hydrogen) atoms. The Balaban J connectivity index is 1.86. The number of allylic oxidation sites excluding steroid dienone is 1. The number of hydrogen-bond acceptors (Lipinski definition) is 5. The average Bonchev–Trinajstić information content (AvgIpc) is 2.93. The van der Waals surface area contributed by atoms with Crippen molar-refractivity contribution in [2.24, 2.45) is 22.7 Å². The van der Waals surface area contributed by atoms with E-state index in [-0.39, 0.29) is 16.8 Å². The van der Waals surface area contributed by atoms with Crippen molar-refractivity contribution in [2.45, 2.75) is 65.6 Å². The van der Waals surface area contributed by atoms with Gasteiger partial charge in [0, 0.05) is 16.6 Å². The van der Waals surface area contributed by atoms with Gasteiger partial charge in [0.2, 0.25) is 6.29 Å². The fraction of sp³-hybridized carbons (Fsp3) is 0.714. The number of carbonyl (C=O) groups is 2. The Morgan fingerprint density at radius 3 is 2.73 bits per heavy atom. The van der Waals surface area contributed by atoms with E-state index in [1.54, 1.807) is 0 Å². The van der Waals surface area contributed by atoms with Gasteiger partial charge < -0.3 is 14.6 Å². The molecule has 144 valence electrons. The zero-order valence-corrected chi connectivity index (χ0v) is 16.2. The summed E-state index contributed by atoms with van der Waals surface area (Å²) in [5.41, 5.74) is 1.22. The quantitative estimate of drug-likeness (QED) is 0.775. The number of aliphatic hydroxyl groups is 1. The van der Waals surface area contributed by atoms with Gasteiger partial charge in [0.1, 0.15) is 0 Å². The number of carbonyl (C=O) groups excluding carboxylic acids is 2. The van der Waals surface area contributed by atoms with Gasteiger partial charge in [0.25, 0.3) is 0 Å². The van der Waals surface area contributed by atoms with Crippen LogP contribution in [0.25, 0.3) is 0 Å². The lowest BCUT2D eigenvalue weighted by atomic mass is 9.46. The number of ether oxygens (including phenoxy) is 2. The first-order valence-corrected chi connectivity index (χ1v) is 9.61. The lowest BCUT2D eigenvalue weighted by molar-refractivity contribution is -0.151. The molecule has 0 amide bonds. The van der Waals surface area contributed by atoms with E-state index in [1.165, 1.54) is 13.2 Å². The highest BCUT2D eigenvalue weighted by Crippen LogP contribution is 2.62. The Morgan fingerprint density at radius 1 is 1.38 bits per heavy atom. The SMILES string of the molecule is COC(=O)C1=CCC[C@@H]2[C@@](C)(CCC3=C[C@@H](O)OC3=O)[C@H](C)CC[C@@]12C. The van der Waals surface area contributed by atoms with Crippen molar-refractivity contribution in [3.8, 4) is 0 Å². The number of esters is 2. The van der Waals surface area contributed by atoms with Crippen LogP contribution in [0, 0.1) is 22.7 Å². The lowest BCUT2D eigenvalue weighted by Crippen LogP contribution is -2.51. The van der Waals surface area contributed by atoms with Crippen LogP contribution in [0.15, 0.2) is 23.3 Å². The van der Waals surface area contributed by atoms with Crippen molar-refractivity contribution >= 4 is 11.9 Å². The van der Waals surface area contributed by atoms with Gasteiger partial charge in [-0.15, -0.1) is 0 Å². The molecule has 3 aliphatic rings. The molecule has 1 heterocycles. The molecule has 0 bridgehead atoms. The Hall–Kier alpha value is -1.62. The predicted octanol–water partition coefficient (Wildman–Crippen LogP) is 3.52. The smallest absolute Gasteiger partial charge is 0.336 e. The minimum absolute atomic E-state index is 0.00912. The van der Waals surface area contributed by atoms with Crippen LogP contribution in [-0.4, -0.2) is 30.4 Å². The molecule has 0 spiro atoms. The lowest BCUT2D eigenvalue weighted by Gasteiger charge is -2.57. The molecule has 0 aromatic heterocycles. The molecule has 5 atom stereocenters. The molecule has 1 aliphatic heterocycles. The first-order valence-electron chi connectivity index (χ1n) is 9.61. The van der Waals surface area contributed by atoms with Crippen molar-refractivity contribution in [1.82, 2.24) is 0 Å². The highest BCUT2D eigenvalue weighted by molar-refractivity contribution is 5.91. The minimum Gasteiger partial charge on any atom is -0.466 e. The number of cyclic esters (lactones) is 1. The van der Waals surface area contributed by atoms with Gasteiger partial charge in [-0.05, 0) is 61.9 Å². The molecular formula is C21H30O5. The second-order valence-corrected chi connectivity index (χ2v) is 8.59. The molecule has 1 N–H and O–H groups in total. The molecule has 5 nitrogen and oxygen atoms in total.